The number of aromatic nitrogens is 1. The smallest absolute Gasteiger partial charge is 0.266 e. The molecule has 3 rings (SSSR count). The Morgan fingerprint density at radius 2 is 2.22 bits per heavy atom. The maximum absolute atomic E-state index is 13.0. The van der Waals surface area contributed by atoms with Crippen molar-refractivity contribution in [3.05, 3.63) is 22.7 Å². The van der Waals surface area contributed by atoms with Gasteiger partial charge in [0, 0.05) is 23.7 Å². The highest BCUT2D eigenvalue weighted by atomic mass is 32.1. The molecule has 0 aromatic carbocycles. The van der Waals surface area contributed by atoms with Crippen LogP contribution in [0.15, 0.2) is 12.1 Å². The number of anilines is 1. The van der Waals surface area contributed by atoms with E-state index >= 15 is 0 Å². The zero-order chi connectivity index (χ0) is 16.6. The number of hydrogen-bond acceptors (Lipinski definition) is 4. The van der Waals surface area contributed by atoms with Crippen molar-refractivity contribution in [2.45, 2.75) is 58.4 Å². The van der Waals surface area contributed by atoms with E-state index in [4.69, 9.17) is 10.7 Å². The van der Waals surface area contributed by atoms with Gasteiger partial charge >= 0.3 is 0 Å². The molecule has 0 spiro atoms. The van der Waals surface area contributed by atoms with Crippen LogP contribution in [0.5, 0.6) is 0 Å². The number of hydrogen-bond donors (Lipinski definition) is 1. The maximum Gasteiger partial charge on any atom is 0.266 e. The first-order chi connectivity index (χ1) is 11.0. The molecule has 1 aliphatic heterocycles. The molecule has 3 heterocycles. The SMILES string of the molecule is CCC1CCCCN1C(=O)c1sc2nc(C(C)C)ccc2c1N. The van der Waals surface area contributed by atoms with Gasteiger partial charge in [0.2, 0.25) is 0 Å². The predicted molar refractivity (Wildman–Crippen MR) is 97.1 cm³/mol. The molecule has 23 heavy (non-hydrogen) atoms. The molecule has 1 unspecified atom stereocenters. The summed E-state index contributed by atoms with van der Waals surface area (Å²) in [5.41, 5.74) is 7.92. The van der Waals surface area contributed by atoms with Crippen LogP contribution >= 0.6 is 11.3 Å². The fourth-order valence-electron chi connectivity index (χ4n) is 3.31. The number of likely N-dealkylation sites (tertiary alicyclic amines) is 1. The Balaban J connectivity index is 1.98. The summed E-state index contributed by atoms with van der Waals surface area (Å²) >= 11 is 1.44. The molecule has 0 bridgehead atoms. The third kappa shape index (κ3) is 2.94. The average Bonchev–Trinajstić information content (AvgIpc) is 2.90. The minimum absolute atomic E-state index is 0.0862. The first-order valence-corrected chi connectivity index (χ1v) is 9.34. The highest BCUT2D eigenvalue weighted by Gasteiger charge is 2.29. The first-order valence-electron chi connectivity index (χ1n) is 8.52. The molecule has 1 saturated heterocycles. The summed E-state index contributed by atoms with van der Waals surface area (Å²) in [6.45, 7) is 7.24. The Morgan fingerprint density at radius 3 is 2.91 bits per heavy atom. The fourth-order valence-corrected chi connectivity index (χ4v) is 4.37. The van der Waals surface area contributed by atoms with Gasteiger partial charge in [0.1, 0.15) is 9.71 Å². The van der Waals surface area contributed by atoms with Crippen LogP contribution in [0.25, 0.3) is 10.2 Å². The summed E-state index contributed by atoms with van der Waals surface area (Å²) in [6, 6.07) is 4.37. The molecule has 1 aliphatic rings. The van der Waals surface area contributed by atoms with E-state index in [0.717, 1.165) is 41.7 Å². The summed E-state index contributed by atoms with van der Waals surface area (Å²) in [5, 5.41) is 0.910. The van der Waals surface area contributed by atoms with Gasteiger partial charge in [-0.1, -0.05) is 20.8 Å². The monoisotopic (exact) mass is 331 g/mol. The molecule has 0 saturated carbocycles. The van der Waals surface area contributed by atoms with Gasteiger partial charge in [0.15, 0.2) is 0 Å². The number of nitrogens with zero attached hydrogens (tertiary/aromatic N) is 2. The zero-order valence-electron chi connectivity index (χ0n) is 14.1. The molecular formula is C18H25N3OS. The number of pyridine rings is 1. The summed E-state index contributed by atoms with van der Waals surface area (Å²) in [7, 11) is 0. The molecular weight excluding hydrogens is 306 g/mol. The second kappa shape index (κ2) is 6.48. The Hall–Kier alpha value is -1.62. The lowest BCUT2D eigenvalue weighted by Crippen LogP contribution is -2.43. The fraction of sp³-hybridized carbons (Fsp3) is 0.556. The minimum atomic E-state index is 0.0862. The number of nitrogen functional groups attached to an aromatic ring is 1. The Kier molecular flexibility index (Phi) is 4.57. The number of thiophene rings is 1. The van der Waals surface area contributed by atoms with Gasteiger partial charge < -0.3 is 10.6 Å². The molecule has 1 amide bonds. The van der Waals surface area contributed by atoms with Crippen molar-refractivity contribution in [1.29, 1.82) is 0 Å². The largest absolute Gasteiger partial charge is 0.397 e. The van der Waals surface area contributed by atoms with Gasteiger partial charge in [-0.2, -0.15) is 0 Å². The minimum Gasteiger partial charge on any atom is -0.397 e. The normalized spacial score (nSPS) is 18.8. The number of rotatable bonds is 3. The Bertz CT molecular complexity index is 722. The lowest BCUT2D eigenvalue weighted by molar-refractivity contribution is 0.0614. The van der Waals surface area contributed by atoms with Gasteiger partial charge in [0.05, 0.1) is 5.69 Å². The molecule has 1 fully saturated rings. The van der Waals surface area contributed by atoms with Gasteiger partial charge in [0.25, 0.3) is 5.91 Å². The predicted octanol–water partition coefficient (Wildman–Crippen LogP) is 4.41. The summed E-state index contributed by atoms with van der Waals surface area (Å²) < 4.78 is 0. The van der Waals surface area contributed by atoms with Gasteiger partial charge in [-0.15, -0.1) is 11.3 Å². The van der Waals surface area contributed by atoms with Gasteiger partial charge in [-0.25, -0.2) is 4.98 Å². The lowest BCUT2D eigenvalue weighted by atomic mass is 9.99. The number of carbonyl (C=O) groups excluding carboxylic acids is 1. The summed E-state index contributed by atoms with van der Waals surface area (Å²) in [6.07, 6.45) is 4.40. The quantitative estimate of drug-likeness (QED) is 0.906. The van der Waals surface area contributed by atoms with E-state index in [1.54, 1.807) is 0 Å². The van der Waals surface area contributed by atoms with Crippen LogP contribution < -0.4 is 5.73 Å². The molecule has 2 aromatic heterocycles. The van der Waals surface area contributed by atoms with Crippen LogP contribution in [0.4, 0.5) is 5.69 Å². The van der Waals surface area contributed by atoms with Crippen molar-refractivity contribution in [2.75, 3.05) is 12.3 Å². The van der Waals surface area contributed by atoms with E-state index in [1.807, 2.05) is 17.0 Å². The van der Waals surface area contributed by atoms with Crippen LogP contribution in [-0.4, -0.2) is 28.4 Å². The van der Waals surface area contributed by atoms with Crippen LogP contribution in [0.2, 0.25) is 0 Å². The summed E-state index contributed by atoms with van der Waals surface area (Å²) in [4.78, 5) is 21.3. The van der Waals surface area contributed by atoms with E-state index in [0.29, 0.717) is 22.5 Å². The lowest BCUT2D eigenvalue weighted by Gasteiger charge is -2.35. The molecule has 0 aliphatic carbocycles. The number of amides is 1. The first kappa shape index (κ1) is 16.2. The van der Waals surface area contributed by atoms with Gasteiger partial charge in [-0.3, -0.25) is 4.79 Å². The summed E-state index contributed by atoms with van der Waals surface area (Å²) in [5.74, 6) is 0.455. The third-order valence-corrected chi connectivity index (χ3v) is 5.86. The number of piperidine rings is 1. The number of carbonyl (C=O) groups is 1. The maximum atomic E-state index is 13.0. The Morgan fingerprint density at radius 1 is 1.43 bits per heavy atom. The Labute approximate surface area is 141 Å². The van der Waals surface area contributed by atoms with Crippen molar-refractivity contribution in [1.82, 2.24) is 9.88 Å². The topological polar surface area (TPSA) is 59.2 Å². The molecule has 2 aromatic rings. The van der Waals surface area contributed by atoms with E-state index in [2.05, 4.69) is 20.8 Å². The van der Waals surface area contributed by atoms with E-state index in [9.17, 15) is 4.79 Å². The highest BCUT2D eigenvalue weighted by molar-refractivity contribution is 7.21. The molecule has 0 radical (unpaired) electrons. The molecule has 124 valence electrons. The van der Waals surface area contributed by atoms with E-state index < -0.39 is 0 Å². The van der Waals surface area contributed by atoms with Crippen molar-refractivity contribution in [3.8, 4) is 0 Å². The van der Waals surface area contributed by atoms with E-state index in [-0.39, 0.29) is 5.91 Å². The van der Waals surface area contributed by atoms with Crippen LogP contribution in [0, 0.1) is 0 Å². The molecule has 5 heteroatoms. The number of fused-ring (bicyclic) bond motifs is 1. The molecule has 4 nitrogen and oxygen atoms in total. The van der Waals surface area contributed by atoms with Crippen LogP contribution in [-0.2, 0) is 0 Å². The standard InChI is InChI=1S/C18H25N3OS/c1-4-12-7-5-6-10-21(12)18(22)16-15(19)13-8-9-14(11(2)3)20-17(13)23-16/h8-9,11-12H,4-7,10,19H2,1-3H3. The van der Waals surface area contributed by atoms with E-state index in [1.165, 1.54) is 17.8 Å². The van der Waals surface area contributed by atoms with Gasteiger partial charge in [-0.05, 0) is 43.7 Å². The average molecular weight is 331 g/mol. The highest BCUT2D eigenvalue weighted by Crippen LogP contribution is 2.35. The number of nitrogens with two attached hydrogens (primary N) is 1. The molecule has 2 N–H and O–H groups in total. The molecule has 1 atom stereocenters. The van der Waals surface area contributed by atoms with Crippen molar-refractivity contribution < 1.29 is 4.79 Å². The van der Waals surface area contributed by atoms with Crippen molar-refractivity contribution in [3.63, 3.8) is 0 Å². The van der Waals surface area contributed by atoms with Crippen LogP contribution in [0.3, 0.4) is 0 Å². The van der Waals surface area contributed by atoms with Crippen LogP contribution in [0.1, 0.15) is 67.7 Å². The zero-order valence-corrected chi connectivity index (χ0v) is 14.9. The second-order valence-corrected chi connectivity index (χ2v) is 7.64. The van der Waals surface area contributed by atoms with Crippen molar-refractivity contribution >= 4 is 33.1 Å². The van der Waals surface area contributed by atoms with Crippen molar-refractivity contribution in [2.24, 2.45) is 0 Å². The second-order valence-electron chi connectivity index (χ2n) is 6.64. The third-order valence-electron chi connectivity index (χ3n) is 4.76.